The maximum absolute atomic E-state index is 10.7. The minimum Gasteiger partial charge on any atom is -0.493 e. The summed E-state index contributed by atoms with van der Waals surface area (Å²) in [7, 11) is 3.13. The molecule has 0 aliphatic rings. The van der Waals surface area contributed by atoms with E-state index < -0.39 is 0 Å². The SMILES string of the molecule is COc1cc2ncnc(Oc3ccc(C=O)cc3)c2cc1OC. The molecule has 0 unspecified atom stereocenters. The summed E-state index contributed by atoms with van der Waals surface area (Å²) in [6.45, 7) is 0. The standard InChI is InChI=1S/C17H14N2O4/c1-21-15-7-13-14(8-16(15)22-2)18-10-19-17(13)23-12-5-3-11(9-20)4-6-12/h3-10H,1-2H3. The quantitative estimate of drug-likeness (QED) is 0.674. The number of carbonyl (C=O) groups is 1. The molecule has 0 aliphatic heterocycles. The first-order valence-electron chi connectivity index (χ1n) is 6.85. The molecule has 1 aromatic heterocycles. The summed E-state index contributed by atoms with van der Waals surface area (Å²) in [4.78, 5) is 19.1. The number of rotatable bonds is 5. The van der Waals surface area contributed by atoms with Gasteiger partial charge in [-0.05, 0) is 30.3 Å². The van der Waals surface area contributed by atoms with E-state index in [2.05, 4.69) is 9.97 Å². The highest BCUT2D eigenvalue weighted by molar-refractivity contribution is 5.87. The number of benzene rings is 2. The minimum absolute atomic E-state index is 0.398. The molecule has 116 valence electrons. The maximum Gasteiger partial charge on any atom is 0.230 e. The van der Waals surface area contributed by atoms with Crippen molar-refractivity contribution in [1.82, 2.24) is 9.97 Å². The average molecular weight is 310 g/mol. The molecule has 0 spiro atoms. The number of nitrogens with zero attached hydrogens (tertiary/aromatic N) is 2. The lowest BCUT2D eigenvalue weighted by Crippen LogP contribution is -1.95. The normalized spacial score (nSPS) is 10.3. The highest BCUT2D eigenvalue weighted by Crippen LogP contribution is 2.35. The van der Waals surface area contributed by atoms with Crippen molar-refractivity contribution in [2.75, 3.05) is 14.2 Å². The van der Waals surface area contributed by atoms with E-state index >= 15 is 0 Å². The lowest BCUT2D eigenvalue weighted by molar-refractivity contribution is 0.112. The number of aldehydes is 1. The van der Waals surface area contributed by atoms with E-state index in [0.717, 1.165) is 6.29 Å². The van der Waals surface area contributed by atoms with Gasteiger partial charge in [0.15, 0.2) is 11.5 Å². The summed E-state index contributed by atoms with van der Waals surface area (Å²) in [6.07, 6.45) is 2.20. The van der Waals surface area contributed by atoms with Crippen LogP contribution < -0.4 is 14.2 Å². The Morgan fingerprint density at radius 1 is 0.957 bits per heavy atom. The Morgan fingerprint density at radius 2 is 1.65 bits per heavy atom. The van der Waals surface area contributed by atoms with Crippen LogP contribution in [0, 0.1) is 0 Å². The molecule has 1 heterocycles. The first kappa shape index (κ1) is 14.8. The third-order valence-electron chi connectivity index (χ3n) is 3.33. The summed E-state index contributed by atoms with van der Waals surface area (Å²) >= 11 is 0. The van der Waals surface area contributed by atoms with Gasteiger partial charge in [0, 0.05) is 11.6 Å². The molecule has 0 saturated heterocycles. The third kappa shape index (κ3) is 2.91. The summed E-state index contributed by atoms with van der Waals surface area (Å²) < 4.78 is 16.4. The van der Waals surface area contributed by atoms with Gasteiger partial charge in [0.05, 0.1) is 25.1 Å². The fourth-order valence-electron chi connectivity index (χ4n) is 2.17. The minimum atomic E-state index is 0.398. The molecule has 0 atom stereocenters. The zero-order valence-electron chi connectivity index (χ0n) is 12.6. The van der Waals surface area contributed by atoms with Gasteiger partial charge in [0.2, 0.25) is 5.88 Å². The van der Waals surface area contributed by atoms with Crippen LogP contribution in [0.15, 0.2) is 42.7 Å². The molecule has 0 bridgehead atoms. The fourth-order valence-corrected chi connectivity index (χ4v) is 2.17. The average Bonchev–Trinajstić information content (AvgIpc) is 2.61. The Labute approximate surface area is 132 Å². The van der Waals surface area contributed by atoms with Gasteiger partial charge < -0.3 is 14.2 Å². The number of methoxy groups -OCH3 is 2. The van der Waals surface area contributed by atoms with Crippen molar-refractivity contribution in [3.8, 4) is 23.1 Å². The fraction of sp³-hybridized carbons (Fsp3) is 0.118. The number of aromatic nitrogens is 2. The Kier molecular flexibility index (Phi) is 4.05. The Bertz CT molecular complexity index is 847. The van der Waals surface area contributed by atoms with E-state index in [-0.39, 0.29) is 0 Å². The summed E-state index contributed by atoms with van der Waals surface area (Å²) in [5.74, 6) is 2.12. The Balaban J connectivity index is 2.04. The van der Waals surface area contributed by atoms with E-state index in [1.54, 1.807) is 50.6 Å². The van der Waals surface area contributed by atoms with Crippen molar-refractivity contribution < 1.29 is 19.0 Å². The first-order chi connectivity index (χ1) is 11.2. The van der Waals surface area contributed by atoms with Crippen molar-refractivity contribution in [3.05, 3.63) is 48.3 Å². The van der Waals surface area contributed by atoms with E-state index in [9.17, 15) is 4.79 Å². The first-order valence-corrected chi connectivity index (χ1v) is 6.85. The number of ether oxygens (including phenoxy) is 3. The van der Waals surface area contributed by atoms with Crippen molar-refractivity contribution in [1.29, 1.82) is 0 Å². The number of hydrogen-bond acceptors (Lipinski definition) is 6. The van der Waals surface area contributed by atoms with Gasteiger partial charge in [-0.3, -0.25) is 4.79 Å². The lowest BCUT2D eigenvalue weighted by Gasteiger charge is -2.11. The van der Waals surface area contributed by atoms with Gasteiger partial charge in [-0.1, -0.05) is 0 Å². The maximum atomic E-state index is 10.7. The molecule has 23 heavy (non-hydrogen) atoms. The highest BCUT2D eigenvalue weighted by atomic mass is 16.5. The van der Waals surface area contributed by atoms with Crippen LogP contribution in [0.5, 0.6) is 23.1 Å². The zero-order chi connectivity index (χ0) is 16.2. The van der Waals surface area contributed by atoms with E-state index in [1.807, 2.05) is 0 Å². The number of hydrogen-bond donors (Lipinski definition) is 0. The molecular formula is C17H14N2O4. The van der Waals surface area contributed by atoms with Crippen LogP contribution in [0.4, 0.5) is 0 Å². The van der Waals surface area contributed by atoms with Crippen LogP contribution in [0.2, 0.25) is 0 Å². The van der Waals surface area contributed by atoms with Gasteiger partial charge in [-0.15, -0.1) is 0 Å². The van der Waals surface area contributed by atoms with E-state index in [4.69, 9.17) is 14.2 Å². The van der Waals surface area contributed by atoms with Crippen LogP contribution in [0.3, 0.4) is 0 Å². The molecule has 0 aliphatic carbocycles. The molecule has 0 amide bonds. The molecule has 0 N–H and O–H groups in total. The molecule has 0 saturated carbocycles. The smallest absolute Gasteiger partial charge is 0.230 e. The highest BCUT2D eigenvalue weighted by Gasteiger charge is 2.12. The molecule has 3 aromatic rings. The van der Waals surface area contributed by atoms with E-state index in [0.29, 0.717) is 39.6 Å². The summed E-state index contributed by atoms with van der Waals surface area (Å²) in [5.41, 5.74) is 1.26. The van der Waals surface area contributed by atoms with Crippen LogP contribution in [-0.4, -0.2) is 30.5 Å². The largest absolute Gasteiger partial charge is 0.493 e. The topological polar surface area (TPSA) is 70.5 Å². The molecule has 3 rings (SSSR count). The third-order valence-corrected chi connectivity index (χ3v) is 3.33. The summed E-state index contributed by atoms with van der Waals surface area (Å²) in [5, 5.41) is 0.699. The van der Waals surface area contributed by atoms with Crippen LogP contribution in [0.1, 0.15) is 10.4 Å². The number of fused-ring (bicyclic) bond motifs is 1. The van der Waals surface area contributed by atoms with E-state index in [1.165, 1.54) is 6.33 Å². The van der Waals surface area contributed by atoms with Crippen molar-refractivity contribution in [2.45, 2.75) is 0 Å². The second kappa shape index (κ2) is 6.31. The molecule has 0 fully saturated rings. The van der Waals surface area contributed by atoms with Gasteiger partial charge in [-0.2, -0.15) is 0 Å². The van der Waals surface area contributed by atoms with Crippen molar-refractivity contribution in [3.63, 3.8) is 0 Å². The van der Waals surface area contributed by atoms with Gasteiger partial charge in [-0.25, -0.2) is 9.97 Å². The number of carbonyl (C=O) groups excluding carboxylic acids is 1. The van der Waals surface area contributed by atoms with Crippen LogP contribution in [-0.2, 0) is 0 Å². The summed E-state index contributed by atoms with van der Waals surface area (Å²) in [6, 6.07) is 10.3. The van der Waals surface area contributed by atoms with Crippen molar-refractivity contribution in [2.24, 2.45) is 0 Å². The molecule has 6 nitrogen and oxygen atoms in total. The Morgan fingerprint density at radius 3 is 2.30 bits per heavy atom. The lowest BCUT2D eigenvalue weighted by atomic mass is 10.2. The van der Waals surface area contributed by atoms with Gasteiger partial charge in [0.25, 0.3) is 0 Å². The molecular weight excluding hydrogens is 296 g/mol. The van der Waals surface area contributed by atoms with Crippen LogP contribution >= 0.6 is 0 Å². The zero-order valence-corrected chi connectivity index (χ0v) is 12.6. The molecule has 2 aromatic carbocycles. The second-order valence-corrected chi connectivity index (χ2v) is 4.69. The predicted molar refractivity (Wildman–Crippen MR) is 84.5 cm³/mol. The molecule has 6 heteroatoms. The monoisotopic (exact) mass is 310 g/mol. The second-order valence-electron chi connectivity index (χ2n) is 4.69. The van der Waals surface area contributed by atoms with Gasteiger partial charge in [0.1, 0.15) is 18.4 Å². The van der Waals surface area contributed by atoms with Crippen LogP contribution in [0.25, 0.3) is 10.9 Å². The molecule has 0 radical (unpaired) electrons. The van der Waals surface area contributed by atoms with Gasteiger partial charge >= 0.3 is 0 Å². The van der Waals surface area contributed by atoms with Crippen molar-refractivity contribution >= 4 is 17.2 Å². The predicted octanol–water partition coefficient (Wildman–Crippen LogP) is 3.25. The Hall–Kier alpha value is -3.15.